The number of halogens is 3. The summed E-state index contributed by atoms with van der Waals surface area (Å²) in [5, 5.41) is 1.55. The Morgan fingerprint density at radius 3 is 2.25 bits per heavy atom. The second-order valence-corrected chi connectivity index (χ2v) is 6.58. The maximum atomic E-state index is 6.12. The second-order valence-electron chi connectivity index (χ2n) is 4.47. The normalized spacial score (nSPS) is 13.1. The van der Waals surface area contributed by atoms with Crippen LogP contribution < -0.4 is 0 Å². The van der Waals surface area contributed by atoms with Crippen LogP contribution in [0.1, 0.15) is 32.3 Å². The number of benzene rings is 1. The monoisotopic (exact) mass is 322 g/mol. The van der Waals surface area contributed by atoms with E-state index in [-0.39, 0.29) is 0 Å². The zero-order valence-electron chi connectivity index (χ0n) is 9.64. The Labute approximate surface area is 116 Å². The summed E-state index contributed by atoms with van der Waals surface area (Å²) in [6, 6.07) is 5.68. The van der Waals surface area contributed by atoms with E-state index in [2.05, 4.69) is 29.8 Å². The van der Waals surface area contributed by atoms with E-state index in [0.717, 1.165) is 28.5 Å². The van der Waals surface area contributed by atoms with Crippen molar-refractivity contribution in [2.45, 2.75) is 37.9 Å². The molecule has 0 nitrogen and oxygen atoms in total. The zero-order chi connectivity index (χ0) is 12.1. The van der Waals surface area contributed by atoms with Gasteiger partial charge in [0.2, 0.25) is 0 Å². The number of hydrogen-bond donors (Lipinski definition) is 0. The molecule has 3 heteroatoms. The van der Waals surface area contributed by atoms with Gasteiger partial charge in [-0.05, 0) is 42.9 Å². The van der Waals surface area contributed by atoms with Crippen LogP contribution in [-0.2, 0) is 6.42 Å². The molecule has 0 saturated heterocycles. The summed E-state index contributed by atoms with van der Waals surface area (Å²) >= 11 is 15.9. The molecule has 0 aliphatic heterocycles. The van der Waals surface area contributed by atoms with Crippen molar-refractivity contribution in [3.63, 3.8) is 0 Å². The molecule has 0 heterocycles. The summed E-state index contributed by atoms with van der Waals surface area (Å²) in [4.78, 5) is 0.542. The Kier molecular flexibility index (Phi) is 6.17. The van der Waals surface area contributed by atoms with E-state index in [9.17, 15) is 0 Å². The van der Waals surface area contributed by atoms with E-state index in [1.54, 1.807) is 0 Å². The minimum Gasteiger partial charge on any atom is -0.0890 e. The van der Waals surface area contributed by atoms with Crippen molar-refractivity contribution in [3.05, 3.63) is 33.8 Å². The summed E-state index contributed by atoms with van der Waals surface area (Å²) in [5.74, 6) is 0.714. The highest BCUT2D eigenvalue weighted by atomic mass is 79.9. The van der Waals surface area contributed by atoms with E-state index in [0.29, 0.717) is 10.7 Å². The van der Waals surface area contributed by atoms with Crippen LogP contribution in [0.4, 0.5) is 0 Å². The number of alkyl halides is 1. The van der Waals surface area contributed by atoms with Gasteiger partial charge in [0.15, 0.2) is 0 Å². The molecular weight excluding hydrogens is 307 g/mol. The summed E-state index contributed by atoms with van der Waals surface area (Å²) in [5.41, 5.74) is 1.07. The Morgan fingerprint density at radius 2 is 1.75 bits per heavy atom. The van der Waals surface area contributed by atoms with Crippen LogP contribution in [-0.4, -0.2) is 4.83 Å². The summed E-state index contributed by atoms with van der Waals surface area (Å²) in [6.45, 7) is 4.47. The fourth-order valence-corrected chi connectivity index (χ4v) is 3.26. The lowest BCUT2D eigenvalue weighted by Crippen LogP contribution is -2.04. The van der Waals surface area contributed by atoms with Gasteiger partial charge in [-0.25, -0.2) is 0 Å². The van der Waals surface area contributed by atoms with Gasteiger partial charge in [0.1, 0.15) is 0 Å². The molecule has 0 aliphatic rings. The third kappa shape index (κ3) is 4.65. The Hall–Kier alpha value is 0.280. The maximum absolute atomic E-state index is 6.12. The lowest BCUT2D eigenvalue weighted by molar-refractivity contribution is 0.554. The van der Waals surface area contributed by atoms with Gasteiger partial charge in [-0.15, -0.1) is 0 Å². The highest BCUT2D eigenvalue weighted by Gasteiger charge is 2.10. The molecule has 0 amide bonds. The highest BCUT2D eigenvalue weighted by Crippen LogP contribution is 2.27. The van der Waals surface area contributed by atoms with E-state index < -0.39 is 0 Å². The number of hydrogen-bond acceptors (Lipinski definition) is 0. The molecular formula is C13H17BrCl2. The molecule has 16 heavy (non-hydrogen) atoms. The SMILES string of the molecule is CC(C)CC(Br)CCc1c(Cl)cccc1Cl. The molecule has 1 aromatic carbocycles. The predicted molar refractivity (Wildman–Crippen MR) is 77.0 cm³/mol. The van der Waals surface area contributed by atoms with Gasteiger partial charge < -0.3 is 0 Å². The maximum Gasteiger partial charge on any atom is 0.0452 e. The van der Waals surface area contributed by atoms with E-state index in [4.69, 9.17) is 23.2 Å². The zero-order valence-corrected chi connectivity index (χ0v) is 12.7. The van der Waals surface area contributed by atoms with Gasteiger partial charge in [-0.1, -0.05) is 59.0 Å². The molecule has 0 fully saturated rings. The van der Waals surface area contributed by atoms with Crippen molar-refractivity contribution in [1.82, 2.24) is 0 Å². The standard InChI is InChI=1S/C13H17BrCl2/c1-9(2)8-10(14)6-7-11-12(15)4-3-5-13(11)16/h3-5,9-10H,6-8H2,1-2H3. The van der Waals surface area contributed by atoms with E-state index in [1.807, 2.05) is 18.2 Å². The molecule has 0 bridgehead atoms. The smallest absolute Gasteiger partial charge is 0.0452 e. The molecule has 1 unspecified atom stereocenters. The minimum atomic E-state index is 0.542. The fraction of sp³-hybridized carbons (Fsp3) is 0.538. The van der Waals surface area contributed by atoms with Crippen molar-refractivity contribution < 1.29 is 0 Å². The fourth-order valence-electron chi connectivity index (χ4n) is 1.70. The molecule has 1 aromatic rings. The predicted octanol–water partition coefficient (Wildman–Crippen LogP) is 5.74. The summed E-state index contributed by atoms with van der Waals surface area (Å²) in [7, 11) is 0. The van der Waals surface area contributed by atoms with Crippen molar-refractivity contribution in [1.29, 1.82) is 0 Å². The Bertz CT molecular complexity index is 316. The van der Waals surface area contributed by atoms with E-state index in [1.165, 1.54) is 6.42 Å². The molecule has 0 aromatic heterocycles. The lowest BCUT2D eigenvalue weighted by atomic mass is 10.0. The first-order chi connectivity index (χ1) is 7.50. The number of rotatable bonds is 5. The quantitative estimate of drug-likeness (QED) is 0.606. The van der Waals surface area contributed by atoms with Crippen molar-refractivity contribution in [2.24, 2.45) is 5.92 Å². The highest BCUT2D eigenvalue weighted by molar-refractivity contribution is 9.09. The first-order valence-corrected chi connectivity index (χ1v) is 7.24. The average molecular weight is 324 g/mol. The minimum absolute atomic E-state index is 0.542. The molecule has 90 valence electrons. The summed E-state index contributed by atoms with van der Waals surface area (Å²) in [6.07, 6.45) is 3.19. The first-order valence-electron chi connectivity index (χ1n) is 5.57. The second kappa shape index (κ2) is 6.88. The molecule has 0 radical (unpaired) electrons. The van der Waals surface area contributed by atoms with Crippen LogP contribution in [0, 0.1) is 5.92 Å². The van der Waals surface area contributed by atoms with Crippen LogP contribution in [0.25, 0.3) is 0 Å². The van der Waals surface area contributed by atoms with E-state index >= 15 is 0 Å². The molecule has 0 aliphatic carbocycles. The average Bonchev–Trinajstić information content (AvgIpc) is 2.15. The van der Waals surface area contributed by atoms with Crippen LogP contribution in [0.2, 0.25) is 10.0 Å². The van der Waals surface area contributed by atoms with Gasteiger partial charge in [-0.3, -0.25) is 0 Å². The van der Waals surface area contributed by atoms with Crippen LogP contribution in [0.5, 0.6) is 0 Å². The third-order valence-corrected chi connectivity index (χ3v) is 4.04. The molecule has 1 atom stereocenters. The van der Waals surface area contributed by atoms with Crippen molar-refractivity contribution in [3.8, 4) is 0 Å². The largest absolute Gasteiger partial charge is 0.0890 e. The molecule has 0 spiro atoms. The van der Waals surface area contributed by atoms with Crippen LogP contribution >= 0.6 is 39.1 Å². The van der Waals surface area contributed by atoms with Crippen molar-refractivity contribution >= 4 is 39.1 Å². The Morgan fingerprint density at radius 1 is 1.19 bits per heavy atom. The van der Waals surface area contributed by atoms with Crippen molar-refractivity contribution in [2.75, 3.05) is 0 Å². The lowest BCUT2D eigenvalue weighted by Gasteiger charge is -2.13. The molecule has 0 saturated carbocycles. The first kappa shape index (κ1) is 14.3. The van der Waals surface area contributed by atoms with Gasteiger partial charge in [-0.2, -0.15) is 0 Å². The summed E-state index contributed by atoms with van der Waals surface area (Å²) < 4.78 is 0. The van der Waals surface area contributed by atoms with Gasteiger partial charge >= 0.3 is 0 Å². The Balaban J connectivity index is 2.54. The van der Waals surface area contributed by atoms with Gasteiger partial charge in [0.25, 0.3) is 0 Å². The third-order valence-electron chi connectivity index (χ3n) is 2.50. The van der Waals surface area contributed by atoms with Gasteiger partial charge in [0.05, 0.1) is 0 Å². The molecule has 0 N–H and O–H groups in total. The van der Waals surface area contributed by atoms with Crippen LogP contribution in [0.3, 0.4) is 0 Å². The topological polar surface area (TPSA) is 0 Å². The van der Waals surface area contributed by atoms with Gasteiger partial charge in [0, 0.05) is 14.9 Å². The molecule has 1 rings (SSSR count). The van der Waals surface area contributed by atoms with Crippen LogP contribution in [0.15, 0.2) is 18.2 Å².